The molecule has 2 N–H and O–H groups in total. The monoisotopic (exact) mass is 332 g/mol. The Morgan fingerprint density at radius 3 is 2.28 bits per heavy atom. The van der Waals surface area contributed by atoms with Crippen molar-refractivity contribution >= 4 is 16.9 Å². The molecule has 122 valence electrons. The summed E-state index contributed by atoms with van der Waals surface area (Å²) in [5.41, 5.74) is 4.01. The minimum atomic E-state index is -1.02. The van der Waals surface area contributed by atoms with Crippen LogP contribution < -0.4 is 0 Å². The SMILES string of the molecule is O=C(O)c1[nH]c2cc(-c3ccc(F)cc3)ccc2c1-c1ccncc1. The number of carboxylic acids is 1. The molecule has 2 aromatic heterocycles. The number of hydrogen-bond acceptors (Lipinski definition) is 2. The van der Waals surface area contributed by atoms with Gasteiger partial charge in [-0.3, -0.25) is 4.98 Å². The van der Waals surface area contributed by atoms with Crippen molar-refractivity contribution in [3.05, 3.63) is 78.5 Å². The molecule has 2 heterocycles. The summed E-state index contributed by atoms with van der Waals surface area (Å²) in [6.45, 7) is 0. The number of halogens is 1. The number of aromatic amines is 1. The van der Waals surface area contributed by atoms with E-state index in [9.17, 15) is 14.3 Å². The average Bonchev–Trinajstić information content (AvgIpc) is 3.02. The van der Waals surface area contributed by atoms with E-state index in [2.05, 4.69) is 9.97 Å². The fourth-order valence-electron chi connectivity index (χ4n) is 3.00. The van der Waals surface area contributed by atoms with Crippen molar-refractivity contribution < 1.29 is 14.3 Å². The number of nitrogens with one attached hydrogen (secondary N) is 1. The molecule has 0 radical (unpaired) electrons. The number of benzene rings is 2. The Hall–Kier alpha value is -3.47. The molecule has 0 atom stereocenters. The van der Waals surface area contributed by atoms with E-state index in [-0.39, 0.29) is 11.5 Å². The lowest BCUT2D eigenvalue weighted by Gasteiger charge is -2.04. The molecule has 0 saturated carbocycles. The molecule has 0 aliphatic heterocycles. The van der Waals surface area contributed by atoms with Gasteiger partial charge in [0, 0.05) is 28.9 Å². The lowest BCUT2D eigenvalue weighted by Crippen LogP contribution is -1.98. The number of aromatic nitrogens is 2. The van der Waals surface area contributed by atoms with Gasteiger partial charge in [0.2, 0.25) is 0 Å². The number of H-pyrrole nitrogens is 1. The lowest BCUT2D eigenvalue weighted by molar-refractivity contribution is 0.0692. The van der Waals surface area contributed by atoms with Gasteiger partial charge in [0.05, 0.1) is 0 Å². The van der Waals surface area contributed by atoms with Gasteiger partial charge in [-0.05, 0) is 47.0 Å². The first-order chi connectivity index (χ1) is 12.1. The maximum atomic E-state index is 13.1. The quantitative estimate of drug-likeness (QED) is 0.570. The molecule has 0 aliphatic rings. The molecule has 0 fully saturated rings. The van der Waals surface area contributed by atoms with Gasteiger partial charge < -0.3 is 10.1 Å². The summed E-state index contributed by atoms with van der Waals surface area (Å²) in [5, 5.41) is 10.4. The maximum absolute atomic E-state index is 13.1. The third-order valence-electron chi connectivity index (χ3n) is 4.16. The van der Waals surface area contributed by atoms with Gasteiger partial charge in [0.1, 0.15) is 11.5 Å². The number of fused-ring (bicyclic) bond motifs is 1. The molecule has 4 nitrogen and oxygen atoms in total. The highest BCUT2D eigenvalue weighted by molar-refractivity contribution is 6.08. The predicted molar refractivity (Wildman–Crippen MR) is 93.9 cm³/mol. The fraction of sp³-hybridized carbons (Fsp3) is 0. The first kappa shape index (κ1) is 15.1. The van der Waals surface area contributed by atoms with Crippen LogP contribution in [0.25, 0.3) is 33.2 Å². The highest BCUT2D eigenvalue weighted by atomic mass is 19.1. The summed E-state index contributed by atoms with van der Waals surface area (Å²) in [5.74, 6) is -1.32. The first-order valence-electron chi connectivity index (χ1n) is 7.69. The van der Waals surface area contributed by atoms with Crippen molar-refractivity contribution in [1.29, 1.82) is 0 Å². The Morgan fingerprint density at radius 1 is 0.920 bits per heavy atom. The van der Waals surface area contributed by atoms with Crippen LogP contribution in [-0.2, 0) is 0 Å². The van der Waals surface area contributed by atoms with Crippen LogP contribution >= 0.6 is 0 Å². The highest BCUT2D eigenvalue weighted by Crippen LogP contribution is 2.34. The third-order valence-corrected chi connectivity index (χ3v) is 4.16. The summed E-state index contributed by atoms with van der Waals surface area (Å²) in [6.07, 6.45) is 3.26. The molecule has 0 aliphatic carbocycles. The lowest BCUT2D eigenvalue weighted by atomic mass is 10.00. The number of pyridine rings is 1. The number of carbonyl (C=O) groups is 1. The molecular formula is C20H13FN2O2. The van der Waals surface area contributed by atoms with E-state index in [1.54, 1.807) is 36.7 Å². The Bertz CT molecular complexity index is 1070. The average molecular weight is 332 g/mol. The normalized spacial score (nSPS) is 10.9. The van der Waals surface area contributed by atoms with Crippen molar-refractivity contribution in [2.24, 2.45) is 0 Å². The van der Waals surface area contributed by atoms with Gasteiger partial charge in [-0.1, -0.05) is 24.3 Å². The molecule has 0 bridgehead atoms. The molecule has 2 aromatic carbocycles. The van der Waals surface area contributed by atoms with E-state index in [0.29, 0.717) is 11.1 Å². The minimum Gasteiger partial charge on any atom is -0.477 e. The van der Waals surface area contributed by atoms with E-state index >= 15 is 0 Å². The topological polar surface area (TPSA) is 66.0 Å². The summed E-state index contributed by atoms with van der Waals surface area (Å²) in [6, 6.07) is 15.4. The molecule has 0 amide bonds. The smallest absolute Gasteiger partial charge is 0.352 e. The van der Waals surface area contributed by atoms with E-state index in [1.165, 1.54) is 12.1 Å². The zero-order chi connectivity index (χ0) is 17.4. The summed E-state index contributed by atoms with van der Waals surface area (Å²) >= 11 is 0. The van der Waals surface area contributed by atoms with Gasteiger partial charge in [-0.2, -0.15) is 0 Å². The van der Waals surface area contributed by atoms with Crippen molar-refractivity contribution in [3.63, 3.8) is 0 Å². The van der Waals surface area contributed by atoms with Crippen LogP contribution in [0.1, 0.15) is 10.5 Å². The van der Waals surface area contributed by atoms with E-state index in [4.69, 9.17) is 0 Å². The Labute approximate surface area is 142 Å². The molecule has 4 aromatic rings. The van der Waals surface area contributed by atoms with Gasteiger partial charge in [-0.25, -0.2) is 9.18 Å². The van der Waals surface area contributed by atoms with E-state index in [1.807, 2.05) is 18.2 Å². The van der Waals surface area contributed by atoms with Crippen LogP contribution in [0.4, 0.5) is 4.39 Å². The second kappa shape index (κ2) is 5.87. The van der Waals surface area contributed by atoms with Gasteiger partial charge >= 0.3 is 5.97 Å². The molecule has 4 rings (SSSR count). The second-order valence-electron chi connectivity index (χ2n) is 5.68. The Kier molecular flexibility index (Phi) is 3.54. The van der Waals surface area contributed by atoms with Crippen molar-refractivity contribution in [3.8, 4) is 22.3 Å². The summed E-state index contributed by atoms with van der Waals surface area (Å²) in [4.78, 5) is 18.6. The largest absolute Gasteiger partial charge is 0.477 e. The van der Waals surface area contributed by atoms with Gasteiger partial charge in [0.15, 0.2) is 0 Å². The van der Waals surface area contributed by atoms with Crippen LogP contribution in [0.2, 0.25) is 0 Å². The van der Waals surface area contributed by atoms with Crippen LogP contribution in [0, 0.1) is 5.82 Å². The Morgan fingerprint density at radius 2 is 1.60 bits per heavy atom. The molecule has 0 spiro atoms. The number of aromatic carboxylic acids is 1. The van der Waals surface area contributed by atoms with Crippen LogP contribution in [0.5, 0.6) is 0 Å². The van der Waals surface area contributed by atoms with Crippen molar-refractivity contribution in [2.45, 2.75) is 0 Å². The van der Waals surface area contributed by atoms with Gasteiger partial charge in [0.25, 0.3) is 0 Å². The number of carboxylic acid groups (broad SMARTS) is 1. The summed E-state index contributed by atoms with van der Waals surface area (Å²) in [7, 11) is 0. The zero-order valence-corrected chi connectivity index (χ0v) is 13.0. The standard InChI is InChI=1S/C20H13FN2O2/c21-15-4-1-12(2-5-15)14-3-6-16-17(11-14)23-19(20(24)25)18(16)13-7-9-22-10-8-13/h1-11,23H,(H,24,25). The molecule has 5 heteroatoms. The van der Waals surface area contributed by atoms with Crippen LogP contribution in [0.15, 0.2) is 67.0 Å². The van der Waals surface area contributed by atoms with Crippen molar-refractivity contribution in [1.82, 2.24) is 9.97 Å². The van der Waals surface area contributed by atoms with Gasteiger partial charge in [-0.15, -0.1) is 0 Å². The minimum absolute atomic E-state index is 0.137. The van der Waals surface area contributed by atoms with Crippen molar-refractivity contribution in [2.75, 3.05) is 0 Å². The first-order valence-corrected chi connectivity index (χ1v) is 7.69. The fourth-order valence-corrected chi connectivity index (χ4v) is 3.00. The molecular weight excluding hydrogens is 319 g/mol. The van der Waals surface area contributed by atoms with Crippen LogP contribution in [0.3, 0.4) is 0 Å². The predicted octanol–water partition coefficient (Wildman–Crippen LogP) is 4.73. The molecule has 25 heavy (non-hydrogen) atoms. The Balaban J connectivity index is 1.93. The van der Waals surface area contributed by atoms with E-state index in [0.717, 1.165) is 22.1 Å². The number of nitrogens with zero attached hydrogens (tertiary/aromatic N) is 1. The molecule has 0 unspecified atom stereocenters. The second-order valence-corrected chi connectivity index (χ2v) is 5.68. The summed E-state index contributed by atoms with van der Waals surface area (Å²) < 4.78 is 13.1. The van der Waals surface area contributed by atoms with E-state index < -0.39 is 5.97 Å². The highest BCUT2D eigenvalue weighted by Gasteiger charge is 2.18. The molecule has 0 saturated heterocycles. The van der Waals surface area contributed by atoms with Crippen LogP contribution in [-0.4, -0.2) is 21.0 Å². The number of rotatable bonds is 3. The zero-order valence-electron chi connectivity index (χ0n) is 13.0. The maximum Gasteiger partial charge on any atom is 0.352 e. The number of hydrogen-bond donors (Lipinski definition) is 2. The third kappa shape index (κ3) is 2.65.